The van der Waals surface area contributed by atoms with E-state index >= 15 is 0 Å². The molecule has 2 aromatic rings. The van der Waals surface area contributed by atoms with Crippen LogP contribution in [0.3, 0.4) is 0 Å². The van der Waals surface area contributed by atoms with Crippen molar-refractivity contribution in [3.8, 4) is 11.3 Å². The van der Waals surface area contributed by atoms with E-state index in [1.165, 1.54) is 0 Å². The maximum Gasteiger partial charge on any atom is 0.135 e. The highest BCUT2D eigenvalue weighted by Crippen LogP contribution is 2.31. The highest BCUT2D eigenvalue weighted by Gasteiger charge is 2.08. The van der Waals surface area contributed by atoms with Gasteiger partial charge in [-0.05, 0) is 30.3 Å². The summed E-state index contributed by atoms with van der Waals surface area (Å²) in [6, 6.07) is 8.94. The predicted octanol–water partition coefficient (Wildman–Crippen LogP) is 4.99. The third-order valence-electron chi connectivity index (χ3n) is 1.99. The molecule has 0 saturated heterocycles. The van der Waals surface area contributed by atoms with E-state index in [1.54, 1.807) is 12.1 Å². The molecular formula is C11H7Cl3O. The molecule has 1 heterocycles. The fourth-order valence-electron chi connectivity index (χ4n) is 1.28. The normalized spacial score (nSPS) is 10.6. The molecule has 0 radical (unpaired) electrons. The third kappa shape index (κ3) is 2.31. The molecule has 0 amide bonds. The summed E-state index contributed by atoms with van der Waals surface area (Å²) < 4.78 is 5.48. The molecule has 4 heteroatoms. The average Bonchev–Trinajstić information content (AvgIpc) is 2.66. The lowest BCUT2D eigenvalue weighted by atomic mass is 10.2. The summed E-state index contributed by atoms with van der Waals surface area (Å²) in [5.41, 5.74) is 0.817. The van der Waals surface area contributed by atoms with Crippen LogP contribution >= 0.6 is 34.8 Å². The van der Waals surface area contributed by atoms with Gasteiger partial charge < -0.3 is 4.42 Å². The number of hydrogen-bond acceptors (Lipinski definition) is 1. The minimum Gasteiger partial charge on any atom is -0.460 e. The van der Waals surface area contributed by atoms with Gasteiger partial charge >= 0.3 is 0 Å². The molecule has 0 spiro atoms. The van der Waals surface area contributed by atoms with Crippen LogP contribution in [0, 0.1) is 0 Å². The van der Waals surface area contributed by atoms with Crippen molar-refractivity contribution < 1.29 is 4.42 Å². The molecule has 0 aliphatic heterocycles. The Morgan fingerprint density at radius 2 is 1.87 bits per heavy atom. The van der Waals surface area contributed by atoms with E-state index in [9.17, 15) is 0 Å². The second-order valence-corrected chi connectivity index (χ2v) is 4.13. The molecule has 0 bridgehead atoms. The summed E-state index contributed by atoms with van der Waals surface area (Å²) in [6.07, 6.45) is 0. The van der Waals surface area contributed by atoms with E-state index in [1.807, 2.05) is 18.2 Å². The summed E-state index contributed by atoms with van der Waals surface area (Å²) in [7, 11) is 0. The molecule has 1 aromatic carbocycles. The van der Waals surface area contributed by atoms with Gasteiger partial charge in [-0.3, -0.25) is 0 Å². The van der Waals surface area contributed by atoms with Crippen LogP contribution in [0.15, 0.2) is 34.7 Å². The van der Waals surface area contributed by atoms with Gasteiger partial charge in [-0.15, -0.1) is 11.6 Å². The smallest absolute Gasteiger partial charge is 0.135 e. The van der Waals surface area contributed by atoms with Crippen molar-refractivity contribution in [3.63, 3.8) is 0 Å². The minimum absolute atomic E-state index is 0.352. The minimum atomic E-state index is 0.352. The summed E-state index contributed by atoms with van der Waals surface area (Å²) in [5, 5.41) is 1.17. The van der Waals surface area contributed by atoms with Crippen molar-refractivity contribution in [3.05, 3.63) is 46.1 Å². The Morgan fingerprint density at radius 1 is 1.07 bits per heavy atom. The summed E-state index contributed by atoms with van der Waals surface area (Å²) >= 11 is 17.5. The van der Waals surface area contributed by atoms with Crippen LogP contribution in [-0.2, 0) is 5.88 Å². The van der Waals surface area contributed by atoms with E-state index in [4.69, 9.17) is 39.2 Å². The van der Waals surface area contributed by atoms with E-state index in [-0.39, 0.29) is 0 Å². The van der Waals surface area contributed by atoms with Crippen LogP contribution in [0.25, 0.3) is 11.3 Å². The number of alkyl halides is 1. The van der Waals surface area contributed by atoms with Gasteiger partial charge in [-0.25, -0.2) is 0 Å². The van der Waals surface area contributed by atoms with Crippen molar-refractivity contribution in [2.75, 3.05) is 0 Å². The monoisotopic (exact) mass is 260 g/mol. The summed E-state index contributed by atoms with van der Waals surface area (Å²) in [5.74, 6) is 1.77. The van der Waals surface area contributed by atoms with E-state index in [2.05, 4.69) is 0 Å². The van der Waals surface area contributed by atoms with Crippen molar-refractivity contribution >= 4 is 34.8 Å². The second-order valence-electron chi connectivity index (χ2n) is 3.02. The number of rotatable bonds is 2. The maximum absolute atomic E-state index is 6.04. The molecule has 1 nitrogen and oxygen atoms in total. The highest BCUT2D eigenvalue weighted by molar-refractivity contribution is 6.36. The maximum atomic E-state index is 6.04. The molecule has 1 aromatic heterocycles. The molecule has 2 rings (SSSR count). The molecule has 0 N–H and O–H groups in total. The number of halogens is 3. The number of furan rings is 1. The van der Waals surface area contributed by atoms with Gasteiger partial charge in [0.15, 0.2) is 0 Å². The Hall–Kier alpha value is -0.630. The van der Waals surface area contributed by atoms with Crippen molar-refractivity contribution in [1.82, 2.24) is 0 Å². The van der Waals surface area contributed by atoms with Gasteiger partial charge in [-0.2, -0.15) is 0 Å². The highest BCUT2D eigenvalue weighted by atomic mass is 35.5. The van der Waals surface area contributed by atoms with Crippen molar-refractivity contribution in [2.24, 2.45) is 0 Å². The topological polar surface area (TPSA) is 13.1 Å². The quantitative estimate of drug-likeness (QED) is 0.694. The SMILES string of the molecule is ClCc1ccc(-c2ccc(Cl)cc2Cl)o1. The predicted molar refractivity (Wildman–Crippen MR) is 63.7 cm³/mol. The van der Waals surface area contributed by atoms with Crippen LogP contribution in [0.1, 0.15) is 5.76 Å². The van der Waals surface area contributed by atoms with Crippen LogP contribution in [0.4, 0.5) is 0 Å². The van der Waals surface area contributed by atoms with Crippen LogP contribution in [-0.4, -0.2) is 0 Å². The van der Waals surface area contributed by atoms with Crippen LogP contribution < -0.4 is 0 Å². The molecule has 0 aliphatic rings. The van der Waals surface area contributed by atoms with Gasteiger partial charge in [0.25, 0.3) is 0 Å². The van der Waals surface area contributed by atoms with Gasteiger partial charge in [0, 0.05) is 10.6 Å². The van der Waals surface area contributed by atoms with Gasteiger partial charge in [-0.1, -0.05) is 23.2 Å². The first kappa shape index (κ1) is 10.9. The number of hydrogen-bond donors (Lipinski definition) is 0. The zero-order valence-electron chi connectivity index (χ0n) is 7.64. The van der Waals surface area contributed by atoms with Crippen LogP contribution in [0.2, 0.25) is 10.0 Å². The fourth-order valence-corrected chi connectivity index (χ4v) is 1.93. The standard InChI is InChI=1S/C11H7Cl3O/c12-6-8-2-4-11(15-8)9-3-1-7(13)5-10(9)14/h1-5H,6H2. The first-order valence-electron chi connectivity index (χ1n) is 4.31. The molecule has 0 fully saturated rings. The first-order chi connectivity index (χ1) is 7.20. The third-order valence-corrected chi connectivity index (χ3v) is 2.80. The lowest BCUT2D eigenvalue weighted by Gasteiger charge is -2.00. The average molecular weight is 262 g/mol. The Labute approximate surface area is 103 Å². The Bertz CT molecular complexity index is 476. The Morgan fingerprint density at radius 3 is 2.47 bits per heavy atom. The zero-order valence-corrected chi connectivity index (χ0v) is 9.90. The molecule has 78 valence electrons. The van der Waals surface area contributed by atoms with E-state index in [0.717, 1.165) is 11.3 Å². The fraction of sp³-hybridized carbons (Fsp3) is 0.0909. The van der Waals surface area contributed by atoms with Gasteiger partial charge in [0.1, 0.15) is 11.5 Å². The van der Waals surface area contributed by atoms with Gasteiger partial charge in [0.05, 0.1) is 10.9 Å². The largest absolute Gasteiger partial charge is 0.460 e. The summed E-state index contributed by atoms with van der Waals surface area (Å²) in [4.78, 5) is 0. The van der Waals surface area contributed by atoms with Crippen LogP contribution in [0.5, 0.6) is 0 Å². The molecular weight excluding hydrogens is 254 g/mol. The van der Waals surface area contributed by atoms with Gasteiger partial charge in [0.2, 0.25) is 0 Å². The lowest BCUT2D eigenvalue weighted by Crippen LogP contribution is -1.76. The van der Waals surface area contributed by atoms with Crippen molar-refractivity contribution in [2.45, 2.75) is 5.88 Å². The summed E-state index contributed by atoms with van der Waals surface area (Å²) in [6.45, 7) is 0. The molecule has 0 atom stereocenters. The van der Waals surface area contributed by atoms with E-state index in [0.29, 0.717) is 21.7 Å². The number of benzene rings is 1. The lowest BCUT2D eigenvalue weighted by molar-refractivity contribution is 0.543. The Kier molecular flexibility index (Phi) is 3.25. The molecule has 0 aliphatic carbocycles. The van der Waals surface area contributed by atoms with Crippen molar-refractivity contribution in [1.29, 1.82) is 0 Å². The first-order valence-corrected chi connectivity index (χ1v) is 5.60. The second kappa shape index (κ2) is 4.48. The zero-order chi connectivity index (χ0) is 10.8. The molecule has 0 saturated carbocycles. The molecule has 15 heavy (non-hydrogen) atoms. The van der Waals surface area contributed by atoms with E-state index < -0.39 is 0 Å². The molecule has 0 unspecified atom stereocenters. The Balaban J connectivity index is 2.44.